The maximum Gasteiger partial charge on any atom is 0.191 e. The van der Waals surface area contributed by atoms with Crippen LogP contribution in [0, 0.1) is 11.3 Å². The molecule has 0 aliphatic carbocycles. The predicted octanol–water partition coefficient (Wildman–Crippen LogP) is 3.17. The van der Waals surface area contributed by atoms with Gasteiger partial charge in [-0.05, 0) is 44.0 Å². The molecule has 30 heavy (non-hydrogen) atoms. The first kappa shape index (κ1) is 23.7. The Hall–Kier alpha value is -2.54. The molecule has 1 fully saturated rings. The molecule has 0 saturated carbocycles. The van der Waals surface area contributed by atoms with Crippen LogP contribution in [0.4, 0.5) is 5.69 Å². The van der Waals surface area contributed by atoms with Crippen molar-refractivity contribution in [1.82, 2.24) is 15.6 Å². The van der Waals surface area contributed by atoms with Gasteiger partial charge in [-0.1, -0.05) is 12.1 Å². The lowest BCUT2D eigenvalue weighted by Crippen LogP contribution is -2.51. The number of aliphatic imine (C=N–C) groups is 1. The Morgan fingerprint density at radius 2 is 2.20 bits per heavy atom. The summed E-state index contributed by atoms with van der Waals surface area (Å²) in [4.78, 5) is 11.0. The summed E-state index contributed by atoms with van der Waals surface area (Å²) in [5.41, 5.74) is 1.73. The second-order valence-corrected chi connectivity index (χ2v) is 6.86. The minimum atomic E-state index is 0. The smallest absolute Gasteiger partial charge is 0.191 e. The van der Waals surface area contributed by atoms with Crippen molar-refractivity contribution in [2.75, 3.05) is 37.7 Å². The summed E-state index contributed by atoms with van der Waals surface area (Å²) in [6.07, 6.45) is 5.56. The molecule has 2 heterocycles. The van der Waals surface area contributed by atoms with Gasteiger partial charge in [0.15, 0.2) is 5.96 Å². The summed E-state index contributed by atoms with van der Waals surface area (Å²) >= 11 is 0. The third-order valence-corrected chi connectivity index (χ3v) is 4.74. The highest BCUT2D eigenvalue weighted by atomic mass is 127. The van der Waals surface area contributed by atoms with Crippen molar-refractivity contribution < 1.29 is 4.74 Å². The number of anilines is 1. The van der Waals surface area contributed by atoms with Crippen LogP contribution in [-0.4, -0.2) is 49.8 Å². The van der Waals surface area contributed by atoms with E-state index in [1.165, 1.54) is 0 Å². The number of halogens is 1. The molecule has 160 valence electrons. The molecule has 1 unspecified atom stereocenters. The number of guanidine groups is 1. The van der Waals surface area contributed by atoms with E-state index in [0.717, 1.165) is 55.4 Å². The Kier molecular flexibility index (Phi) is 10.2. The Morgan fingerprint density at radius 1 is 1.33 bits per heavy atom. The number of ether oxygens (including phenoxy) is 1. The zero-order valence-corrected chi connectivity index (χ0v) is 19.6. The number of piperidine rings is 1. The molecule has 1 atom stereocenters. The zero-order chi connectivity index (χ0) is 20.3. The standard InChI is InChI=1S/C22H28N6O.HI/c1-2-25-22(26-12-14-29-20-9-5-11-24-16-20)27-19-8-6-13-28(17-19)21-10-4-3-7-18(21)15-23;/h3-5,7,9-11,16,19H,2,6,8,12-14,17H2,1H3,(H2,25,26,27);1H. The zero-order valence-electron chi connectivity index (χ0n) is 17.3. The Balaban J connectivity index is 0.00000320. The van der Waals surface area contributed by atoms with E-state index in [2.05, 4.69) is 38.5 Å². The third-order valence-electron chi connectivity index (χ3n) is 4.74. The maximum absolute atomic E-state index is 9.40. The first-order chi connectivity index (χ1) is 14.3. The van der Waals surface area contributed by atoms with E-state index < -0.39 is 0 Å². The lowest BCUT2D eigenvalue weighted by molar-refractivity contribution is 0.327. The van der Waals surface area contributed by atoms with Crippen LogP contribution in [0.3, 0.4) is 0 Å². The number of aromatic nitrogens is 1. The van der Waals surface area contributed by atoms with Crippen LogP contribution in [0.2, 0.25) is 0 Å². The van der Waals surface area contributed by atoms with Gasteiger partial charge in [-0.2, -0.15) is 5.26 Å². The summed E-state index contributed by atoms with van der Waals surface area (Å²) in [5.74, 6) is 1.54. The van der Waals surface area contributed by atoms with E-state index in [1.807, 2.05) is 36.4 Å². The lowest BCUT2D eigenvalue weighted by Gasteiger charge is -2.35. The topological polar surface area (TPSA) is 85.6 Å². The molecule has 7 nitrogen and oxygen atoms in total. The molecular formula is C22H29IN6O. The van der Waals surface area contributed by atoms with Gasteiger partial charge in [-0.15, -0.1) is 24.0 Å². The SMILES string of the molecule is CCNC(=NCCOc1cccnc1)NC1CCCN(c2ccccc2C#N)C1.I. The molecule has 0 spiro atoms. The van der Waals surface area contributed by atoms with Crippen molar-refractivity contribution in [2.45, 2.75) is 25.8 Å². The van der Waals surface area contributed by atoms with Gasteiger partial charge in [0, 0.05) is 31.9 Å². The van der Waals surface area contributed by atoms with E-state index in [0.29, 0.717) is 13.2 Å². The number of para-hydroxylation sites is 1. The quantitative estimate of drug-likeness (QED) is 0.253. The Morgan fingerprint density at radius 3 is 2.97 bits per heavy atom. The highest BCUT2D eigenvalue weighted by Gasteiger charge is 2.22. The molecule has 1 saturated heterocycles. The molecule has 1 aromatic carbocycles. The van der Waals surface area contributed by atoms with Gasteiger partial charge in [0.05, 0.1) is 24.0 Å². The summed E-state index contributed by atoms with van der Waals surface area (Å²) in [6.45, 7) is 5.70. The van der Waals surface area contributed by atoms with Crippen LogP contribution in [0.1, 0.15) is 25.3 Å². The average molecular weight is 520 g/mol. The summed E-state index contributed by atoms with van der Waals surface area (Å²) in [7, 11) is 0. The molecule has 2 N–H and O–H groups in total. The first-order valence-electron chi connectivity index (χ1n) is 10.1. The highest BCUT2D eigenvalue weighted by Crippen LogP contribution is 2.23. The van der Waals surface area contributed by atoms with Gasteiger partial charge in [0.2, 0.25) is 0 Å². The molecule has 8 heteroatoms. The number of benzene rings is 1. The van der Waals surface area contributed by atoms with E-state index >= 15 is 0 Å². The van der Waals surface area contributed by atoms with Crippen molar-refractivity contribution in [1.29, 1.82) is 5.26 Å². The van der Waals surface area contributed by atoms with E-state index in [4.69, 9.17) is 4.74 Å². The number of nitrogens with one attached hydrogen (secondary N) is 2. The molecule has 3 rings (SSSR count). The highest BCUT2D eigenvalue weighted by molar-refractivity contribution is 14.0. The second-order valence-electron chi connectivity index (χ2n) is 6.86. The van der Waals surface area contributed by atoms with Crippen molar-refractivity contribution in [3.63, 3.8) is 0 Å². The maximum atomic E-state index is 9.40. The lowest BCUT2D eigenvalue weighted by atomic mass is 10.0. The van der Waals surface area contributed by atoms with Crippen molar-refractivity contribution in [3.05, 3.63) is 54.4 Å². The second kappa shape index (κ2) is 12.9. The largest absolute Gasteiger partial charge is 0.490 e. The van der Waals surface area contributed by atoms with Crippen LogP contribution in [0.5, 0.6) is 5.75 Å². The monoisotopic (exact) mass is 520 g/mol. The number of nitrogens with zero attached hydrogens (tertiary/aromatic N) is 4. The van der Waals surface area contributed by atoms with Gasteiger partial charge in [0.25, 0.3) is 0 Å². The molecule has 1 aliphatic rings. The minimum absolute atomic E-state index is 0. The fraction of sp³-hybridized carbons (Fsp3) is 0.409. The molecule has 0 amide bonds. The van der Waals surface area contributed by atoms with Gasteiger partial charge < -0.3 is 20.3 Å². The van der Waals surface area contributed by atoms with Gasteiger partial charge in [-0.25, -0.2) is 4.99 Å². The average Bonchev–Trinajstić information content (AvgIpc) is 2.77. The van der Waals surface area contributed by atoms with Crippen LogP contribution >= 0.6 is 24.0 Å². The molecule has 0 bridgehead atoms. The molecule has 2 aromatic rings. The molecule has 1 aliphatic heterocycles. The summed E-state index contributed by atoms with van der Waals surface area (Å²) in [5, 5.41) is 16.2. The summed E-state index contributed by atoms with van der Waals surface area (Å²) < 4.78 is 5.66. The molecule has 0 radical (unpaired) electrons. The number of hydrogen-bond donors (Lipinski definition) is 2. The summed E-state index contributed by atoms with van der Waals surface area (Å²) in [6, 6.07) is 14.1. The molecule has 1 aromatic heterocycles. The van der Waals surface area contributed by atoms with Crippen LogP contribution in [-0.2, 0) is 0 Å². The Labute approximate surface area is 195 Å². The van der Waals surface area contributed by atoms with Crippen molar-refractivity contribution in [2.24, 2.45) is 4.99 Å². The third kappa shape index (κ3) is 7.06. The number of rotatable bonds is 7. The fourth-order valence-corrected chi connectivity index (χ4v) is 3.42. The van der Waals surface area contributed by atoms with Gasteiger partial charge in [-0.3, -0.25) is 4.98 Å². The fourth-order valence-electron chi connectivity index (χ4n) is 3.42. The van der Waals surface area contributed by atoms with Crippen LogP contribution < -0.4 is 20.3 Å². The van der Waals surface area contributed by atoms with Crippen LogP contribution in [0.25, 0.3) is 0 Å². The van der Waals surface area contributed by atoms with Crippen molar-refractivity contribution in [3.8, 4) is 11.8 Å². The van der Waals surface area contributed by atoms with E-state index in [9.17, 15) is 5.26 Å². The number of hydrogen-bond acceptors (Lipinski definition) is 5. The van der Waals surface area contributed by atoms with E-state index in [-0.39, 0.29) is 30.0 Å². The van der Waals surface area contributed by atoms with E-state index in [1.54, 1.807) is 12.4 Å². The number of pyridine rings is 1. The Bertz CT molecular complexity index is 839. The van der Waals surface area contributed by atoms with Gasteiger partial charge >= 0.3 is 0 Å². The number of nitriles is 1. The normalized spacial score (nSPS) is 16.2. The minimum Gasteiger partial charge on any atom is -0.490 e. The first-order valence-corrected chi connectivity index (χ1v) is 10.1. The molecular weight excluding hydrogens is 491 g/mol. The van der Waals surface area contributed by atoms with Crippen LogP contribution in [0.15, 0.2) is 53.8 Å². The van der Waals surface area contributed by atoms with Gasteiger partial charge in [0.1, 0.15) is 18.4 Å². The predicted molar refractivity (Wildman–Crippen MR) is 131 cm³/mol. The van der Waals surface area contributed by atoms with Crippen molar-refractivity contribution >= 4 is 35.6 Å².